The van der Waals surface area contributed by atoms with Crippen molar-refractivity contribution < 1.29 is 9.53 Å². The molecule has 26 heavy (non-hydrogen) atoms. The Labute approximate surface area is 157 Å². The molecule has 0 aliphatic rings. The van der Waals surface area contributed by atoms with Gasteiger partial charge in [0.1, 0.15) is 0 Å². The number of benzene rings is 2. The summed E-state index contributed by atoms with van der Waals surface area (Å²) in [5.41, 5.74) is 4.70. The van der Waals surface area contributed by atoms with Crippen molar-refractivity contribution >= 4 is 28.1 Å². The maximum absolute atomic E-state index is 11.6. The zero-order valence-electron chi connectivity index (χ0n) is 15.2. The number of aromatic nitrogens is 1. The van der Waals surface area contributed by atoms with E-state index in [-0.39, 0.29) is 5.97 Å². The van der Waals surface area contributed by atoms with Crippen LogP contribution >= 0.6 is 11.3 Å². The fourth-order valence-corrected chi connectivity index (χ4v) is 3.45. The first-order chi connectivity index (χ1) is 12.5. The molecule has 0 aliphatic heterocycles. The molecule has 0 amide bonds. The van der Waals surface area contributed by atoms with Gasteiger partial charge in [0, 0.05) is 16.6 Å². The second kappa shape index (κ2) is 8.15. The second-order valence-electron chi connectivity index (χ2n) is 6.53. The van der Waals surface area contributed by atoms with Crippen LogP contribution in [0.5, 0.6) is 0 Å². The predicted molar refractivity (Wildman–Crippen MR) is 107 cm³/mol. The van der Waals surface area contributed by atoms with E-state index in [9.17, 15) is 4.79 Å². The lowest BCUT2D eigenvalue weighted by Crippen LogP contribution is -2.01. The van der Waals surface area contributed by atoms with Gasteiger partial charge in [-0.2, -0.15) is 0 Å². The number of ether oxygens (including phenoxy) is 1. The largest absolute Gasteiger partial charge is 0.465 e. The maximum Gasteiger partial charge on any atom is 0.337 e. The van der Waals surface area contributed by atoms with Gasteiger partial charge in [-0.15, -0.1) is 11.3 Å². The SMILES string of the molecule is COC(=O)c1cccc(Nc2nc(-c3ccc(CC(C)C)cc3)cs2)c1. The highest BCUT2D eigenvalue weighted by Crippen LogP contribution is 2.28. The third kappa shape index (κ3) is 4.49. The minimum atomic E-state index is -0.352. The molecule has 3 rings (SSSR count). The van der Waals surface area contributed by atoms with Gasteiger partial charge in [-0.1, -0.05) is 44.2 Å². The standard InChI is InChI=1S/C21H22N2O2S/c1-14(2)11-15-7-9-16(10-8-15)19-13-26-21(23-19)22-18-6-4-5-17(12-18)20(24)25-3/h4-10,12-14H,11H2,1-3H3,(H,22,23). The van der Waals surface area contributed by atoms with Crippen LogP contribution in [0, 0.1) is 5.92 Å². The number of hydrogen-bond donors (Lipinski definition) is 1. The Hall–Kier alpha value is -2.66. The monoisotopic (exact) mass is 366 g/mol. The van der Waals surface area contributed by atoms with E-state index in [2.05, 4.69) is 48.4 Å². The second-order valence-corrected chi connectivity index (χ2v) is 7.39. The molecule has 0 unspecified atom stereocenters. The van der Waals surface area contributed by atoms with Crippen molar-refractivity contribution in [3.05, 3.63) is 65.0 Å². The molecule has 1 aromatic heterocycles. The summed E-state index contributed by atoms with van der Waals surface area (Å²) in [6.45, 7) is 4.45. The van der Waals surface area contributed by atoms with E-state index in [1.54, 1.807) is 12.1 Å². The van der Waals surface area contributed by atoms with Crippen LogP contribution in [0.3, 0.4) is 0 Å². The highest BCUT2D eigenvalue weighted by Gasteiger charge is 2.08. The molecule has 0 bridgehead atoms. The first-order valence-corrected chi connectivity index (χ1v) is 9.43. The number of thiazole rings is 1. The lowest BCUT2D eigenvalue weighted by Gasteiger charge is -2.06. The lowest BCUT2D eigenvalue weighted by molar-refractivity contribution is 0.0601. The van der Waals surface area contributed by atoms with E-state index in [0.717, 1.165) is 28.5 Å². The van der Waals surface area contributed by atoms with E-state index in [1.807, 2.05) is 17.5 Å². The number of carbonyl (C=O) groups is 1. The van der Waals surface area contributed by atoms with Gasteiger partial charge < -0.3 is 10.1 Å². The average Bonchev–Trinajstić information content (AvgIpc) is 3.10. The number of carbonyl (C=O) groups excluding carboxylic acids is 1. The Morgan fingerprint density at radius 3 is 2.65 bits per heavy atom. The first kappa shape index (κ1) is 18.1. The van der Waals surface area contributed by atoms with Gasteiger partial charge in [-0.3, -0.25) is 0 Å². The van der Waals surface area contributed by atoms with Crippen LogP contribution in [0.4, 0.5) is 10.8 Å². The van der Waals surface area contributed by atoms with Crippen molar-refractivity contribution in [1.82, 2.24) is 4.98 Å². The molecule has 0 saturated heterocycles. The molecule has 1 heterocycles. The number of nitrogens with one attached hydrogen (secondary N) is 1. The molecular weight excluding hydrogens is 344 g/mol. The summed E-state index contributed by atoms with van der Waals surface area (Å²) in [5, 5.41) is 6.07. The third-order valence-electron chi connectivity index (χ3n) is 3.93. The zero-order chi connectivity index (χ0) is 18.5. The van der Waals surface area contributed by atoms with Crippen LogP contribution < -0.4 is 5.32 Å². The molecule has 0 saturated carbocycles. The molecule has 0 fully saturated rings. The van der Waals surface area contributed by atoms with Crippen molar-refractivity contribution in [2.24, 2.45) is 5.92 Å². The molecule has 134 valence electrons. The molecule has 0 atom stereocenters. The fourth-order valence-electron chi connectivity index (χ4n) is 2.71. The van der Waals surface area contributed by atoms with Gasteiger partial charge in [0.05, 0.1) is 18.4 Å². The van der Waals surface area contributed by atoms with Crippen molar-refractivity contribution in [2.45, 2.75) is 20.3 Å². The predicted octanol–water partition coefficient (Wildman–Crippen LogP) is 5.54. The minimum absolute atomic E-state index is 0.352. The van der Waals surface area contributed by atoms with Gasteiger partial charge in [-0.25, -0.2) is 9.78 Å². The van der Waals surface area contributed by atoms with Crippen LogP contribution in [-0.4, -0.2) is 18.1 Å². The number of anilines is 2. The van der Waals surface area contributed by atoms with Gasteiger partial charge in [0.15, 0.2) is 5.13 Å². The molecule has 3 aromatic rings. The van der Waals surface area contributed by atoms with Crippen molar-refractivity contribution in [2.75, 3.05) is 12.4 Å². The van der Waals surface area contributed by atoms with Gasteiger partial charge in [0.25, 0.3) is 0 Å². The summed E-state index contributed by atoms with van der Waals surface area (Å²) in [6, 6.07) is 15.8. The summed E-state index contributed by atoms with van der Waals surface area (Å²) in [6.07, 6.45) is 1.08. The molecule has 4 nitrogen and oxygen atoms in total. The van der Waals surface area contributed by atoms with Crippen molar-refractivity contribution in [3.8, 4) is 11.3 Å². The van der Waals surface area contributed by atoms with Crippen LogP contribution in [0.1, 0.15) is 29.8 Å². The van der Waals surface area contributed by atoms with E-state index in [1.165, 1.54) is 24.0 Å². The molecule has 0 radical (unpaired) electrons. The number of methoxy groups -OCH3 is 1. The summed E-state index contributed by atoms with van der Waals surface area (Å²) in [5.74, 6) is 0.298. The van der Waals surface area contributed by atoms with Gasteiger partial charge in [0.2, 0.25) is 0 Å². The Bertz CT molecular complexity index is 885. The van der Waals surface area contributed by atoms with Gasteiger partial charge in [-0.05, 0) is 36.1 Å². The number of hydrogen-bond acceptors (Lipinski definition) is 5. The third-order valence-corrected chi connectivity index (χ3v) is 4.69. The van der Waals surface area contributed by atoms with E-state index in [4.69, 9.17) is 4.74 Å². The summed E-state index contributed by atoms with van der Waals surface area (Å²) in [4.78, 5) is 16.3. The summed E-state index contributed by atoms with van der Waals surface area (Å²) < 4.78 is 4.76. The molecule has 1 N–H and O–H groups in total. The molecule has 2 aromatic carbocycles. The molecule has 5 heteroatoms. The summed E-state index contributed by atoms with van der Waals surface area (Å²) >= 11 is 1.54. The van der Waals surface area contributed by atoms with E-state index >= 15 is 0 Å². The van der Waals surface area contributed by atoms with Crippen LogP contribution in [0.15, 0.2) is 53.9 Å². The number of nitrogens with zero attached hydrogens (tertiary/aromatic N) is 1. The Balaban J connectivity index is 1.73. The lowest BCUT2D eigenvalue weighted by atomic mass is 10.0. The van der Waals surface area contributed by atoms with E-state index < -0.39 is 0 Å². The van der Waals surface area contributed by atoms with Crippen molar-refractivity contribution in [1.29, 1.82) is 0 Å². The summed E-state index contributed by atoms with van der Waals surface area (Å²) in [7, 11) is 1.38. The Morgan fingerprint density at radius 2 is 1.96 bits per heavy atom. The first-order valence-electron chi connectivity index (χ1n) is 8.55. The highest BCUT2D eigenvalue weighted by molar-refractivity contribution is 7.14. The highest BCUT2D eigenvalue weighted by atomic mass is 32.1. The average molecular weight is 366 g/mol. The minimum Gasteiger partial charge on any atom is -0.465 e. The molecule has 0 aliphatic carbocycles. The van der Waals surface area contributed by atoms with Crippen LogP contribution in [0.25, 0.3) is 11.3 Å². The van der Waals surface area contributed by atoms with Crippen LogP contribution in [0.2, 0.25) is 0 Å². The quantitative estimate of drug-likeness (QED) is 0.582. The topological polar surface area (TPSA) is 51.2 Å². The number of esters is 1. The fraction of sp³-hybridized carbons (Fsp3) is 0.238. The normalized spacial score (nSPS) is 10.8. The molecule has 0 spiro atoms. The van der Waals surface area contributed by atoms with Gasteiger partial charge >= 0.3 is 5.97 Å². The number of rotatable bonds is 6. The van der Waals surface area contributed by atoms with E-state index in [0.29, 0.717) is 11.5 Å². The van der Waals surface area contributed by atoms with Crippen molar-refractivity contribution in [3.63, 3.8) is 0 Å². The maximum atomic E-state index is 11.6. The Kier molecular flexibility index (Phi) is 5.68. The molecular formula is C21H22N2O2S. The smallest absolute Gasteiger partial charge is 0.337 e. The zero-order valence-corrected chi connectivity index (χ0v) is 16.0. The van der Waals surface area contributed by atoms with Crippen LogP contribution in [-0.2, 0) is 11.2 Å². The Morgan fingerprint density at radius 1 is 1.19 bits per heavy atom.